The Bertz CT molecular complexity index is 1210. The number of benzene rings is 2. The van der Waals surface area contributed by atoms with Crippen molar-refractivity contribution < 1.29 is 14.3 Å². The second-order valence-corrected chi connectivity index (χ2v) is 7.24. The van der Waals surface area contributed by atoms with Gasteiger partial charge in [-0.25, -0.2) is 0 Å². The molecule has 0 bridgehead atoms. The van der Waals surface area contributed by atoms with Crippen molar-refractivity contribution in [2.45, 2.75) is 20.8 Å². The first-order valence-corrected chi connectivity index (χ1v) is 9.96. The van der Waals surface area contributed by atoms with E-state index in [-0.39, 0.29) is 11.5 Å². The summed E-state index contributed by atoms with van der Waals surface area (Å²) in [5.74, 6) is 0.0640. The highest BCUT2D eigenvalue weighted by Gasteiger charge is 2.14. The number of nitrogens with zero attached hydrogens (tertiary/aromatic N) is 2. The van der Waals surface area contributed by atoms with Crippen LogP contribution in [-0.2, 0) is 9.59 Å². The number of ether oxygens (including phenoxy) is 1. The number of aromatic nitrogens is 1. The Balaban J connectivity index is 1.86. The first-order chi connectivity index (χ1) is 15.3. The lowest BCUT2D eigenvalue weighted by molar-refractivity contribution is -0.114. The van der Waals surface area contributed by atoms with Crippen LogP contribution in [0.3, 0.4) is 0 Å². The van der Waals surface area contributed by atoms with E-state index in [1.165, 1.54) is 6.92 Å². The molecule has 0 aliphatic heterocycles. The molecule has 2 aromatic carbocycles. The molecule has 1 aromatic heterocycles. The second-order valence-electron chi connectivity index (χ2n) is 7.24. The van der Waals surface area contributed by atoms with Gasteiger partial charge < -0.3 is 19.9 Å². The van der Waals surface area contributed by atoms with Gasteiger partial charge in [-0.3, -0.25) is 9.59 Å². The van der Waals surface area contributed by atoms with Gasteiger partial charge in [0.15, 0.2) is 0 Å². The lowest BCUT2D eigenvalue weighted by Crippen LogP contribution is -2.13. The number of hydrogen-bond acceptors (Lipinski definition) is 4. The van der Waals surface area contributed by atoms with E-state index in [9.17, 15) is 14.9 Å². The number of anilines is 2. The van der Waals surface area contributed by atoms with Crippen LogP contribution < -0.4 is 15.4 Å². The lowest BCUT2D eigenvalue weighted by Gasteiger charge is -2.11. The van der Waals surface area contributed by atoms with E-state index in [0.29, 0.717) is 17.1 Å². The number of aryl methyl sites for hydroxylation is 1. The average molecular weight is 428 g/mol. The highest BCUT2D eigenvalue weighted by molar-refractivity contribution is 6.09. The number of methoxy groups -OCH3 is 1. The van der Waals surface area contributed by atoms with Crippen LogP contribution in [-0.4, -0.2) is 23.5 Å². The normalized spacial score (nSPS) is 10.9. The van der Waals surface area contributed by atoms with Crippen LogP contribution in [0.5, 0.6) is 5.75 Å². The zero-order chi connectivity index (χ0) is 23.3. The number of nitriles is 1. The zero-order valence-corrected chi connectivity index (χ0v) is 18.4. The Morgan fingerprint density at radius 1 is 1.00 bits per heavy atom. The summed E-state index contributed by atoms with van der Waals surface area (Å²) in [5, 5.41) is 15.0. The van der Waals surface area contributed by atoms with Crippen LogP contribution in [0.15, 0.2) is 60.2 Å². The number of carbonyl (C=O) groups excluding carboxylic acids is 2. The van der Waals surface area contributed by atoms with Gasteiger partial charge in [0.2, 0.25) is 5.91 Å². The smallest absolute Gasteiger partial charge is 0.266 e. The van der Waals surface area contributed by atoms with Gasteiger partial charge >= 0.3 is 0 Å². The summed E-state index contributed by atoms with van der Waals surface area (Å²) in [7, 11) is 1.57. The molecule has 0 spiro atoms. The lowest BCUT2D eigenvalue weighted by atomic mass is 10.1. The predicted molar refractivity (Wildman–Crippen MR) is 125 cm³/mol. The Kier molecular flexibility index (Phi) is 6.76. The van der Waals surface area contributed by atoms with E-state index in [1.54, 1.807) is 37.5 Å². The predicted octanol–water partition coefficient (Wildman–Crippen LogP) is 4.61. The minimum atomic E-state index is -0.484. The van der Waals surface area contributed by atoms with Crippen molar-refractivity contribution in [3.8, 4) is 17.5 Å². The zero-order valence-electron chi connectivity index (χ0n) is 18.4. The van der Waals surface area contributed by atoms with Crippen molar-refractivity contribution in [1.29, 1.82) is 5.26 Å². The molecule has 3 rings (SSSR count). The summed E-state index contributed by atoms with van der Waals surface area (Å²) in [6, 6.07) is 18.3. The minimum Gasteiger partial charge on any atom is -0.497 e. The maximum absolute atomic E-state index is 12.6. The van der Waals surface area contributed by atoms with Crippen molar-refractivity contribution in [1.82, 2.24) is 4.57 Å². The van der Waals surface area contributed by atoms with E-state index in [2.05, 4.69) is 10.6 Å². The van der Waals surface area contributed by atoms with Gasteiger partial charge in [0, 0.05) is 35.4 Å². The molecule has 0 saturated carbocycles. The van der Waals surface area contributed by atoms with Crippen molar-refractivity contribution in [2.24, 2.45) is 0 Å². The van der Waals surface area contributed by atoms with Crippen molar-refractivity contribution >= 4 is 29.3 Å². The van der Waals surface area contributed by atoms with Gasteiger partial charge in [-0.2, -0.15) is 5.26 Å². The number of nitrogens with one attached hydrogen (secondary N) is 2. The standard InChI is InChI=1S/C25H24N4O3/c1-16-13-19(17(2)29(16)23-9-5-21(6-10-23)27-18(3)30)14-20(15-26)25(31)28-22-7-11-24(32-4)12-8-22/h5-14H,1-4H3,(H,27,30)(H,28,31)/b20-14+. The van der Waals surface area contributed by atoms with Gasteiger partial charge in [-0.15, -0.1) is 0 Å². The summed E-state index contributed by atoms with van der Waals surface area (Å²) in [4.78, 5) is 23.8. The Hall–Kier alpha value is -4.31. The molecule has 7 heteroatoms. The van der Waals surface area contributed by atoms with Crippen LogP contribution in [0.1, 0.15) is 23.9 Å². The van der Waals surface area contributed by atoms with Crippen LogP contribution in [0.25, 0.3) is 11.8 Å². The number of rotatable bonds is 6. The van der Waals surface area contributed by atoms with E-state index < -0.39 is 5.91 Å². The van der Waals surface area contributed by atoms with E-state index in [0.717, 1.165) is 22.6 Å². The van der Waals surface area contributed by atoms with Crippen molar-refractivity contribution in [3.05, 3.63) is 77.1 Å². The molecule has 0 unspecified atom stereocenters. The molecule has 162 valence electrons. The first kappa shape index (κ1) is 22.4. The average Bonchev–Trinajstić information content (AvgIpc) is 3.05. The summed E-state index contributed by atoms with van der Waals surface area (Å²) < 4.78 is 7.14. The first-order valence-electron chi connectivity index (χ1n) is 9.96. The third-order valence-corrected chi connectivity index (χ3v) is 4.93. The SMILES string of the molecule is COc1ccc(NC(=O)/C(C#N)=C/c2cc(C)n(-c3ccc(NC(C)=O)cc3)c2C)cc1. The fourth-order valence-corrected chi connectivity index (χ4v) is 3.41. The monoisotopic (exact) mass is 428 g/mol. The molecular formula is C25H24N4O3. The molecule has 7 nitrogen and oxygen atoms in total. The maximum Gasteiger partial charge on any atom is 0.266 e. The number of hydrogen-bond donors (Lipinski definition) is 2. The quantitative estimate of drug-likeness (QED) is 0.443. The molecule has 2 N–H and O–H groups in total. The van der Waals surface area contributed by atoms with Gasteiger partial charge in [0.05, 0.1) is 7.11 Å². The second kappa shape index (κ2) is 9.67. The fourth-order valence-electron chi connectivity index (χ4n) is 3.41. The van der Waals surface area contributed by atoms with Crippen LogP contribution in [0.2, 0.25) is 0 Å². The van der Waals surface area contributed by atoms with E-state index >= 15 is 0 Å². The number of amides is 2. The molecule has 1 heterocycles. The maximum atomic E-state index is 12.6. The molecule has 0 fully saturated rings. The van der Waals surface area contributed by atoms with Gasteiger partial charge in [0.1, 0.15) is 17.4 Å². The summed E-state index contributed by atoms with van der Waals surface area (Å²) in [6.45, 7) is 5.34. The summed E-state index contributed by atoms with van der Waals surface area (Å²) in [6.07, 6.45) is 1.59. The van der Waals surface area contributed by atoms with Crippen molar-refractivity contribution in [3.63, 3.8) is 0 Å². The van der Waals surface area contributed by atoms with Crippen LogP contribution in [0, 0.1) is 25.2 Å². The van der Waals surface area contributed by atoms with Gasteiger partial charge in [0.25, 0.3) is 5.91 Å². The van der Waals surface area contributed by atoms with Gasteiger partial charge in [-0.05, 0) is 80.1 Å². The Morgan fingerprint density at radius 3 is 2.16 bits per heavy atom. The molecule has 2 amide bonds. The molecule has 3 aromatic rings. The molecule has 0 aliphatic rings. The summed E-state index contributed by atoms with van der Waals surface area (Å²) >= 11 is 0. The van der Waals surface area contributed by atoms with Crippen LogP contribution in [0.4, 0.5) is 11.4 Å². The fraction of sp³-hybridized carbons (Fsp3) is 0.160. The molecule has 0 atom stereocenters. The minimum absolute atomic E-state index is 0.00192. The largest absolute Gasteiger partial charge is 0.497 e. The third kappa shape index (κ3) is 5.05. The van der Waals surface area contributed by atoms with Crippen LogP contribution >= 0.6 is 0 Å². The van der Waals surface area contributed by atoms with E-state index in [4.69, 9.17) is 4.74 Å². The Morgan fingerprint density at radius 2 is 1.59 bits per heavy atom. The highest BCUT2D eigenvalue weighted by atomic mass is 16.5. The molecular weight excluding hydrogens is 404 g/mol. The Labute approximate surface area is 186 Å². The van der Waals surface area contributed by atoms with Gasteiger partial charge in [-0.1, -0.05) is 0 Å². The molecule has 0 aliphatic carbocycles. The molecule has 0 radical (unpaired) electrons. The number of carbonyl (C=O) groups is 2. The van der Waals surface area contributed by atoms with Crippen molar-refractivity contribution in [2.75, 3.05) is 17.7 Å². The van der Waals surface area contributed by atoms with E-state index in [1.807, 2.05) is 54.8 Å². The molecule has 32 heavy (non-hydrogen) atoms. The highest BCUT2D eigenvalue weighted by Crippen LogP contribution is 2.24. The molecule has 0 saturated heterocycles. The third-order valence-electron chi connectivity index (χ3n) is 4.93. The summed E-state index contributed by atoms with van der Waals surface area (Å²) in [5.41, 5.74) is 4.81. The topological polar surface area (TPSA) is 96.2 Å².